The van der Waals surface area contributed by atoms with E-state index in [1.807, 2.05) is 54.1 Å². The van der Waals surface area contributed by atoms with Gasteiger partial charge in [-0.1, -0.05) is 60.7 Å². The Labute approximate surface area is 186 Å². The van der Waals surface area contributed by atoms with Crippen molar-refractivity contribution in [2.24, 2.45) is 7.05 Å². The summed E-state index contributed by atoms with van der Waals surface area (Å²) in [6, 6.07) is 23.3. The number of nitrogens with zero attached hydrogens (tertiary/aromatic N) is 2. The van der Waals surface area contributed by atoms with Crippen LogP contribution >= 0.6 is 0 Å². The standard InChI is InChI=1S/C26H24FN3O2/c1-30-16-15-28-26(30)25(20-11-13-22(27)14-12-20)29-24(31)18-32-23-10-6-5-9-21(23)17-19-7-3-2-4-8-19/h2-16,25H,17-18H2,1H3,(H,29,31)/t25-/m1/s1. The lowest BCUT2D eigenvalue weighted by Crippen LogP contribution is -2.34. The molecule has 1 amide bonds. The number of aryl methyl sites for hydroxylation is 1. The van der Waals surface area contributed by atoms with Crippen molar-refractivity contribution in [3.63, 3.8) is 0 Å². The lowest BCUT2D eigenvalue weighted by molar-refractivity contribution is -0.123. The van der Waals surface area contributed by atoms with Gasteiger partial charge in [0.15, 0.2) is 6.61 Å². The number of nitrogens with one attached hydrogen (secondary N) is 1. The predicted octanol–water partition coefficient (Wildman–Crippen LogP) is 4.43. The van der Waals surface area contributed by atoms with E-state index in [1.165, 1.54) is 17.7 Å². The number of hydrogen-bond acceptors (Lipinski definition) is 3. The summed E-state index contributed by atoms with van der Waals surface area (Å²) in [5.41, 5.74) is 2.91. The first kappa shape index (κ1) is 21.3. The minimum atomic E-state index is -0.522. The van der Waals surface area contributed by atoms with Crippen molar-refractivity contribution in [1.29, 1.82) is 0 Å². The fourth-order valence-corrected chi connectivity index (χ4v) is 3.56. The maximum Gasteiger partial charge on any atom is 0.258 e. The highest BCUT2D eigenvalue weighted by molar-refractivity contribution is 5.78. The van der Waals surface area contributed by atoms with E-state index in [0.717, 1.165) is 11.1 Å². The van der Waals surface area contributed by atoms with E-state index in [2.05, 4.69) is 22.4 Å². The fourth-order valence-electron chi connectivity index (χ4n) is 3.56. The Hall–Kier alpha value is -3.93. The van der Waals surface area contributed by atoms with Crippen molar-refractivity contribution in [2.75, 3.05) is 6.61 Å². The number of rotatable bonds is 8. The molecule has 32 heavy (non-hydrogen) atoms. The summed E-state index contributed by atoms with van der Waals surface area (Å²) in [6.45, 7) is -0.145. The molecule has 0 spiro atoms. The Morgan fingerprint density at radius 2 is 1.75 bits per heavy atom. The van der Waals surface area contributed by atoms with Gasteiger partial charge in [-0.25, -0.2) is 9.37 Å². The molecule has 1 heterocycles. The van der Waals surface area contributed by atoms with E-state index < -0.39 is 6.04 Å². The first-order valence-corrected chi connectivity index (χ1v) is 10.4. The van der Waals surface area contributed by atoms with Gasteiger partial charge in [0.05, 0.1) is 0 Å². The highest BCUT2D eigenvalue weighted by atomic mass is 19.1. The van der Waals surface area contributed by atoms with Crippen molar-refractivity contribution in [3.8, 4) is 5.75 Å². The number of ether oxygens (including phenoxy) is 1. The number of halogens is 1. The molecule has 0 saturated heterocycles. The molecule has 4 aromatic rings. The minimum Gasteiger partial charge on any atom is -0.483 e. The molecule has 6 heteroatoms. The number of para-hydroxylation sites is 1. The molecule has 0 saturated carbocycles. The van der Waals surface area contributed by atoms with Gasteiger partial charge < -0.3 is 14.6 Å². The van der Waals surface area contributed by atoms with Gasteiger partial charge in [-0.3, -0.25) is 4.79 Å². The molecule has 1 N–H and O–H groups in total. The van der Waals surface area contributed by atoms with Crippen LogP contribution in [0.1, 0.15) is 28.6 Å². The van der Waals surface area contributed by atoms with Crippen molar-refractivity contribution in [1.82, 2.24) is 14.9 Å². The number of imidazole rings is 1. The summed E-state index contributed by atoms with van der Waals surface area (Å²) in [5, 5.41) is 2.97. The molecule has 0 aliphatic carbocycles. The lowest BCUT2D eigenvalue weighted by atomic mass is 10.0. The van der Waals surface area contributed by atoms with E-state index in [4.69, 9.17) is 4.74 Å². The van der Waals surface area contributed by atoms with Gasteiger partial charge in [0, 0.05) is 25.9 Å². The quantitative estimate of drug-likeness (QED) is 0.451. The van der Waals surface area contributed by atoms with Crippen LogP contribution in [0.4, 0.5) is 4.39 Å². The topological polar surface area (TPSA) is 56.2 Å². The van der Waals surface area contributed by atoms with Crippen LogP contribution in [0.25, 0.3) is 0 Å². The van der Waals surface area contributed by atoms with Crippen molar-refractivity contribution >= 4 is 5.91 Å². The average Bonchev–Trinajstić information content (AvgIpc) is 3.24. The maximum atomic E-state index is 13.4. The number of carbonyl (C=O) groups excluding carboxylic acids is 1. The molecule has 5 nitrogen and oxygen atoms in total. The molecule has 0 aliphatic heterocycles. The largest absolute Gasteiger partial charge is 0.483 e. The molecule has 0 aliphatic rings. The molecular weight excluding hydrogens is 405 g/mol. The summed E-state index contributed by atoms with van der Waals surface area (Å²) in [7, 11) is 1.85. The first-order valence-electron chi connectivity index (χ1n) is 10.4. The molecule has 162 valence electrons. The zero-order valence-electron chi connectivity index (χ0n) is 17.7. The van der Waals surface area contributed by atoms with Crippen LogP contribution in [0.3, 0.4) is 0 Å². The minimum absolute atomic E-state index is 0.145. The van der Waals surface area contributed by atoms with E-state index >= 15 is 0 Å². The van der Waals surface area contributed by atoms with Crippen LogP contribution < -0.4 is 10.1 Å². The number of benzene rings is 3. The van der Waals surface area contributed by atoms with Gasteiger partial charge in [0.1, 0.15) is 23.4 Å². The number of carbonyl (C=O) groups is 1. The molecule has 0 radical (unpaired) electrons. The maximum absolute atomic E-state index is 13.4. The van der Waals surface area contributed by atoms with Crippen LogP contribution in [0.15, 0.2) is 91.3 Å². The zero-order chi connectivity index (χ0) is 22.3. The van der Waals surface area contributed by atoms with Gasteiger partial charge >= 0.3 is 0 Å². The van der Waals surface area contributed by atoms with Crippen LogP contribution in [0, 0.1) is 5.82 Å². The predicted molar refractivity (Wildman–Crippen MR) is 121 cm³/mol. The Kier molecular flexibility index (Phi) is 6.60. The summed E-state index contributed by atoms with van der Waals surface area (Å²) in [5.74, 6) is 0.685. The average molecular weight is 429 g/mol. The summed E-state index contributed by atoms with van der Waals surface area (Å²) < 4.78 is 21.1. The number of hydrogen-bond donors (Lipinski definition) is 1. The van der Waals surface area contributed by atoms with Crippen LogP contribution in [-0.2, 0) is 18.3 Å². The molecule has 1 aromatic heterocycles. The second kappa shape index (κ2) is 9.92. The second-order valence-corrected chi connectivity index (χ2v) is 7.51. The molecule has 0 bridgehead atoms. The van der Waals surface area contributed by atoms with Crippen LogP contribution in [-0.4, -0.2) is 22.1 Å². The third-order valence-electron chi connectivity index (χ3n) is 5.19. The Morgan fingerprint density at radius 1 is 1.03 bits per heavy atom. The highest BCUT2D eigenvalue weighted by Crippen LogP contribution is 2.23. The van der Waals surface area contributed by atoms with Crippen molar-refractivity contribution in [3.05, 3.63) is 120 Å². The number of aromatic nitrogens is 2. The molecule has 3 aromatic carbocycles. The van der Waals surface area contributed by atoms with Gasteiger partial charge in [-0.05, 0) is 34.9 Å². The molecular formula is C26H24FN3O2. The molecule has 4 rings (SSSR count). The first-order chi connectivity index (χ1) is 15.6. The number of amides is 1. The highest BCUT2D eigenvalue weighted by Gasteiger charge is 2.21. The van der Waals surface area contributed by atoms with Gasteiger partial charge in [0.25, 0.3) is 5.91 Å². The molecule has 1 atom stereocenters. The second-order valence-electron chi connectivity index (χ2n) is 7.51. The molecule has 0 fully saturated rings. The van der Waals surface area contributed by atoms with Gasteiger partial charge in [0.2, 0.25) is 0 Å². The Balaban J connectivity index is 1.47. The fraction of sp³-hybridized carbons (Fsp3) is 0.154. The summed E-state index contributed by atoms with van der Waals surface area (Å²) in [6.07, 6.45) is 4.17. The van der Waals surface area contributed by atoms with Crippen LogP contribution in [0.5, 0.6) is 5.75 Å². The van der Waals surface area contributed by atoms with Gasteiger partial charge in [-0.15, -0.1) is 0 Å². The van der Waals surface area contributed by atoms with E-state index in [0.29, 0.717) is 18.0 Å². The summed E-state index contributed by atoms with van der Waals surface area (Å²) >= 11 is 0. The lowest BCUT2D eigenvalue weighted by Gasteiger charge is -2.20. The van der Waals surface area contributed by atoms with E-state index in [9.17, 15) is 9.18 Å². The summed E-state index contributed by atoms with van der Waals surface area (Å²) in [4.78, 5) is 17.2. The normalized spacial score (nSPS) is 11.7. The van der Waals surface area contributed by atoms with Crippen molar-refractivity contribution < 1.29 is 13.9 Å². The Bertz CT molecular complexity index is 1170. The van der Waals surface area contributed by atoms with E-state index in [-0.39, 0.29) is 18.3 Å². The monoisotopic (exact) mass is 429 g/mol. The van der Waals surface area contributed by atoms with E-state index in [1.54, 1.807) is 24.5 Å². The molecule has 0 unspecified atom stereocenters. The third kappa shape index (κ3) is 5.21. The SMILES string of the molecule is Cn1ccnc1[C@H](NC(=O)COc1ccccc1Cc1ccccc1)c1ccc(F)cc1. The Morgan fingerprint density at radius 3 is 2.47 bits per heavy atom. The van der Waals surface area contributed by atoms with Crippen molar-refractivity contribution in [2.45, 2.75) is 12.5 Å². The third-order valence-corrected chi connectivity index (χ3v) is 5.19. The van der Waals surface area contributed by atoms with Gasteiger partial charge in [-0.2, -0.15) is 0 Å². The smallest absolute Gasteiger partial charge is 0.258 e. The van der Waals surface area contributed by atoms with Crippen LogP contribution in [0.2, 0.25) is 0 Å². The zero-order valence-corrected chi connectivity index (χ0v) is 17.7.